The SMILES string of the molecule is CC(C)[C@H](NC(=O)OC(C)(C)C)C(=O)N1CCC[C@H]1Cc1c[nH]c2ccccc12. The maximum atomic E-state index is 13.3. The van der Waals surface area contributed by atoms with E-state index >= 15 is 0 Å². The highest BCUT2D eigenvalue weighted by Gasteiger charge is 2.36. The lowest BCUT2D eigenvalue weighted by Crippen LogP contribution is -2.53. The third kappa shape index (κ3) is 5.11. The Morgan fingerprint density at radius 1 is 1.28 bits per heavy atom. The molecular formula is C23H33N3O3. The molecule has 0 spiro atoms. The van der Waals surface area contributed by atoms with Crippen molar-refractivity contribution in [2.75, 3.05) is 6.54 Å². The third-order valence-electron chi connectivity index (χ3n) is 5.40. The average Bonchev–Trinajstić information content (AvgIpc) is 3.25. The summed E-state index contributed by atoms with van der Waals surface area (Å²) in [6.07, 6.45) is 4.27. The Hall–Kier alpha value is -2.50. The van der Waals surface area contributed by atoms with Crippen LogP contribution in [-0.4, -0.2) is 46.1 Å². The maximum absolute atomic E-state index is 13.3. The summed E-state index contributed by atoms with van der Waals surface area (Å²) in [5.74, 6) is -0.0439. The number of aromatic amines is 1. The molecule has 0 bridgehead atoms. The van der Waals surface area contributed by atoms with Crippen molar-refractivity contribution in [2.45, 2.75) is 71.6 Å². The van der Waals surface area contributed by atoms with Gasteiger partial charge in [-0.05, 0) is 57.6 Å². The molecule has 1 aromatic heterocycles. The molecule has 6 heteroatoms. The van der Waals surface area contributed by atoms with Gasteiger partial charge < -0.3 is 19.9 Å². The standard InChI is InChI=1S/C23H33N3O3/c1-15(2)20(25-22(28)29-23(3,4)5)21(27)26-12-8-9-17(26)13-16-14-24-19-11-7-6-10-18(16)19/h6-7,10-11,14-15,17,20,24H,8-9,12-13H2,1-5H3,(H,25,28)/t17-,20-/m0/s1. The van der Waals surface area contributed by atoms with Crippen molar-refractivity contribution in [1.29, 1.82) is 0 Å². The Morgan fingerprint density at radius 3 is 2.69 bits per heavy atom. The first-order chi connectivity index (χ1) is 13.7. The molecule has 3 rings (SSSR count). The number of carbonyl (C=O) groups is 2. The summed E-state index contributed by atoms with van der Waals surface area (Å²) in [7, 11) is 0. The van der Waals surface area contributed by atoms with Crippen LogP contribution < -0.4 is 5.32 Å². The second-order valence-corrected chi connectivity index (χ2v) is 9.26. The van der Waals surface area contributed by atoms with Crippen molar-refractivity contribution in [3.63, 3.8) is 0 Å². The molecule has 0 saturated carbocycles. The molecule has 0 radical (unpaired) electrons. The fraction of sp³-hybridized carbons (Fsp3) is 0.565. The molecule has 1 saturated heterocycles. The summed E-state index contributed by atoms with van der Waals surface area (Å²) in [5, 5.41) is 4.01. The first-order valence-electron chi connectivity index (χ1n) is 10.5. The summed E-state index contributed by atoms with van der Waals surface area (Å²) in [5.41, 5.74) is 1.75. The number of rotatable bonds is 5. The quantitative estimate of drug-likeness (QED) is 0.789. The van der Waals surface area contributed by atoms with Crippen LogP contribution in [-0.2, 0) is 16.0 Å². The van der Waals surface area contributed by atoms with Crippen LogP contribution >= 0.6 is 0 Å². The zero-order valence-corrected chi connectivity index (χ0v) is 18.1. The number of hydrogen-bond acceptors (Lipinski definition) is 3. The van der Waals surface area contributed by atoms with Crippen molar-refractivity contribution < 1.29 is 14.3 Å². The van der Waals surface area contributed by atoms with Gasteiger partial charge in [0, 0.05) is 29.7 Å². The Bertz CT molecular complexity index is 866. The van der Waals surface area contributed by atoms with E-state index in [1.54, 1.807) is 0 Å². The van der Waals surface area contributed by atoms with Crippen LogP contribution in [0, 0.1) is 5.92 Å². The van der Waals surface area contributed by atoms with Gasteiger partial charge in [-0.3, -0.25) is 4.79 Å². The smallest absolute Gasteiger partial charge is 0.408 e. The minimum absolute atomic E-state index is 0.0202. The number of H-pyrrole nitrogens is 1. The molecule has 6 nitrogen and oxygen atoms in total. The van der Waals surface area contributed by atoms with Gasteiger partial charge in [-0.15, -0.1) is 0 Å². The van der Waals surface area contributed by atoms with E-state index < -0.39 is 17.7 Å². The number of likely N-dealkylation sites (tertiary alicyclic amines) is 1. The van der Waals surface area contributed by atoms with Gasteiger partial charge >= 0.3 is 6.09 Å². The second-order valence-electron chi connectivity index (χ2n) is 9.26. The number of hydrogen-bond donors (Lipinski definition) is 2. The van der Waals surface area contributed by atoms with Crippen molar-refractivity contribution in [1.82, 2.24) is 15.2 Å². The topological polar surface area (TPSA) is 74.4 Å². The summed E-state index contributed by atoms with van der Waals surface area (Å²) >= 11 is 0. The largest absolute Gasteiger partial charge is 0.444 e. The number of benzene rings is 1. The lowest BCUT2D eigenvalue weighted by Gasteiger charge is -2.31. The number of nitrogens with one attached hydrogen (secondary N) is 2. The number of fused-ring (bicyclic) bond motifs is 1. The van der Waals surface area contributed by atoms with Crippen molar-refractivity contribution in [3.8, 4) is 0 Å². The highest BCUT2D eigenvalue weighted by Crippen LogP contribution is 2.27. The first-order valence-corrected chi connectivity index (χ1v) is 10.5. The minimum Gasteiger partial charge on any atom is -0.444 e. The predicted octanol–water partition coefficient (Wildman–Crippen LogP) is 4.25. The molecule has 2 aromatic rings. The van der Waals surface area contributed by atoms with E-state index in [-0.39, 0.29) is 17.9 Å². The van der Waals surface area contributed by atoms with Gasteiger partial charge in [0.25, 0.3) is 0 Å². The van der Waals surface area contributed by atoms with Crippen LogP contribution in [0.2, 0.25) is 0 Å². The number of ether oxygens (including phenoxy) is 1. The molecule has 1 aliphatic heterocycles. The van der Waals surface area contributed by atoms with Gasteiger partial charge in [0.1, 0.15) is 11.6 Å². The number of para-hydroxylation sites is 1. The summed E-state index contributed by atoms with van der Waals surface area (Å²) in [6.45, 7) is 10.1. The minimum atomic E-state index is -0.597. The number of carbonyl (C=O) groups excluding carboxylic acids is 2. The molecule has 158 valence electrons. The van der Waals surface area contributed by atoms with Gasteiger partial charge in [0.05, 0.1) is 0 Å². The normalized spacial score (nSPS) is 18.3. The fourth-order valence-electron chi connectivity index (χ4n) is 4.02. The van der Waals surface area contributed by atoms with Crippen molar-refractivity contribution in [3.05, 3.63) is 36.0 Å². The Morgan fingerprint density at radius 2 is 2.00 bits per heavy atom. The van der Waals surface area contributed by atoms with Crippen molar-refractivity contribution in [2.24, 2.45) is 5.92 Å². The van der Waals surface area contributed by atoms with E-state index in [1.165, 1.54) is 10.9 Å². The van der Waals surface area contributed by atoms with Gasteiger partial charge in [-0.1, -0.05) is 32.0 Å². The third-order valence-corrected chi connectivity index (χ3v) is 5.40. The predicted molar refractivity (Wildman–Crippen MR) is 115 cm³/mol. The summed E-state index contributed by atoms with van der Waals surface area (Å²) in [4.78, 5) is 30.9. The van der Waals surface area contributed by atoms with Gasteiger partial charge in [-0.2, -0.15) is 0 Å². The molecule has 2 amide bonds. The number of alkyl carbamates (subject to hydrolysis) is 1. The lowest BCUT2D eigenvalue weighted by atomic mass is 10.00. The molecule has 1 fully saturated rings. The summed E-state index contributed by atoms with van der Waals surface area (Å²) < 4.78 is 5.37. The first kappa shape index (κ1) is 21.2. The lowest BCUT2D eigenvalue weighted by molar-refractivity contribution is -0.135. The van der Waals surface area contributed by atoms with Gasteiger partial charge in [-0.25, -0.2) is 4.79 Å². The molecule has 0 aliphatic carbocycles. The second kappa shape index (κ2) is 8.47. The molecule has 2 heterocycles. The van der Waals surface area contributed by atoms with E-state index in [0.29, 0.717) is 0 Å². The molecular weight excluding hydrogens is 366 g/mol. The average molecular weight is 400 g/mol. The van der Waals surface area contributed by atoms with Crippen LogP contribution in [0.1, 0.15) is 53.0 Å². The fourth-order valence-corrected chi connectivity index (χ4v) is 4.02. The van der Waals surface area contributed by atoms with E-state index in [2.05, 4.69) is 22.4 Å². The van der Waals surface area contributed by atoms with Crippen LogP contribution in [0.5, 0.6) is 0 Å². The zero-order chi connectivity index (χ0) is 21.2. The Labute approximate surface area is 173 Å². The van der Waals surface area contributed by atoms with Gasteiger partial charge in [0.15, 0.2) is 0 Å². The van der Waals surface area contributed by atoms with Crippen LogP contribution in [0.4, 0.5) is 4.79 Å². The Kier molecular flexibility index (Phi) is 6.20. The molecule has 29 heavy (non-hydrogen) atoms. The molecule has 2 N–H and O–H groups in total. The zero-order valence-electron chi connectivity index (χ0n) is 18.1. The van der Waals surface area contributed by atoms with Crippen LogP contribution in [0.15, 0.2) is 30.5 Å². The monoisotopic (exact) mass is 399 g/mol. The van der Waals surface area contributed by atoms with Gasteiger partial charge in [0.2, 0.25) is 5.91 Å². The number of aromatic nitrogens is 1. The Balaban J connectivity index is 1.72. The van der Waals surface area contributed by atoms with E-state index in [0.717, 1.165) is 31.3 Å². The van der Waals surface area contributed by atoms with E-state index in [1.807, 2.05) is 57.8 Å². The molecule has 1 aliphatic rings. The molecule has 1 aromatic carbocycles. The number of amides is 2. The van der Waals surface area contributed by atoms with E-state index in [4.69, 9.17) is 4.74 Å². The molecule has 2 atom stereocenters. The highest BCUT2D eigenvalue weighted by atomic mass is 16.6. The van der Waals surface area contributed by atoms with E-state index in [9.17, 15) is 9.59 Å². The number of nitrogens with zero attached hydrogens (tertiary/aromatic N) is 1. The van der Waals surface area contributed by atoms with Crippen LogP contribution in [0.25, 0.3) is 10.9 Å². The summed E-state index contributed by atoms with van der Waals surface area (Å²) in [6, 6.07) is 7.79. The van der Waals surface area contributed by atoms with Crippen molar-refractivity contribution >= 4 is 22.9 Å². The molecule has 0 unspecified atom stereocenters. The van der Waals surface area contributed by atoms with Crippen LogP contribution in [0.3, 0.4) is 0 Å². The maximum Gasteiger partial charge on any atom is 0.408 e. The highest BCUT2D eigenvalue weighted by molar-refractivity contribution is 5.87.